The van der Waals surface area contributed by atoms with E-state index in [9.17, 15) is 13.2 Å². The van der Waals surface area contributed by atoms with Crippen LogP contribution < -0.4 is 0 Å². The van der Waals surface area contributed by atoms with E-state index in [0.29, 0.717) is 0 Å². The molecule has 14 heavy (non-hydrogen) atoms. The molecule has 0 saturated carbocycles. The summed E-state index contributed by atoms with van der Waals surface area (Å²) in [7, 11) is 0. The van der Waals surface area contributed by atoms with Gasteiger partial charge in [-0.25, -0.2) is 13.8 Å². The van der Waals surface area contributed by atoms with E-state index < -0.39 is 17.9 Å². The van der Waals surface area contributed by atoms with Gasteiger partial charge in [0, 0.05) is 0 Å². The van der Waals surface area contributed by atoms with Crippen molar-refractivity contribution in [3.05, 3.63) is 27.7 Å². The summed E-state index contributed by atoms with van der Waals surface area (Å²) in [6, 6.07) is 2.90. The average Bonchev–Trinajstić information content (AvgIpc) is 2.01. The number of alkyl halides is 2. The first-order valence-electron chi connectivity index (χ1n) is 3.56. The minimum atomic E-state index is -2.96. The second kappa shape index (κ2) is 4.42. The van der Waals surface area contributed by atoms with Gasteiger partial charge in [-0.15, -0.1) is 0 Å². The number of nitriles is 1. The number of pyridine rings is 1. The lowest BCUT2D eigenvalue weighted by Crippen LogP contribution is -2.01. The summed E-state index contributed by atoms with van der Waals surface area (Å²) in [6.45, 7) is 0. The molecule has 6 heteroatoms. The van der Waals surface area contributed by atoms with Crippen LogP contribution in [0, 0.1) is 17.3 Å². The Morgan fingerprint density at radius 3 is 2.71 bits per heavy atom. The molecular formula is C8H4BrF3N2. The van der Waals surface area contributed by atoms with Crippen LogP contribution in [0.5, 0.6) is 0 Å². The highest BCUT2D eigenvalue weighted by Gasteiger charge is 2.20. The molecule has 0 atom stereocenters. The molecule has 0 bridgehead atoms. The van der Waals surface area contributed by atoms with Crippen LogP contribution in [0.3, 0.4) is 0 Å². The Morgan fingerprint density at radius 2 is 2.21 bits per heavy atom. The van der Waals surface area contributed by atoms with Crippen LogP contribution in [0.25, 0.3) is 0 Å². The van der Waals surface area contributed by atoms with Crippen molar-refractivity contribution in [2.45, 2.75) is 12.8 Å². The smallest absolute Gasteiger partial charge is 0.212 e. The first kappa shape index (κ1) is 11.0. The number of rotatable bonds is 2. The van der Waals surface area contributed by atoms with Crippen molar-refractivity contribution >= 4 is 15.9 Å². The van der Waals surface area contributed by atoms with Gasteiger partial charge < -0.3 is 0 Å². The maximum absolute atomic E-state index is 13.0. The van der Waals surface area contributed by atoms with Gasteiger partial charge in [0.25, 0.3) is 6.43 Å². The Labute approximate surface area is 86.5 Å². The number of hydrogen-bond acceptors (Lipinski definition) is 2. The van der Waals surface area contributed by atoms with Gasteiger partial charge in [0.05, 0.1) is 18.1 Å². The van der Waals surface area contributed by atoms with Crippen LogP contribution in [-0.4, -0.2) is 4.98 Å². The van der Waals surface area contributed by atoms with Crippen molar-refractivity contribution in [1.29, 1.82) is 5.26 Å². The molecule has 0 unspecified atom stereocenters. The first-order valence-corrected chi connectivity index (χ1v) is 4.35. The van der Waals surface area contributed by atoms with Gasteiger partial charge in [-0.05, 0) is 27.6 Å². The third-order valence-corrected chi connectivity index (χ3v) is 1.96. The second-order valence-corrected chi connectivity index (χ2v) is 3.26. The van der Waals surface area contributed by atoms with Gasteiger partial charge in [-0.1, -0.05) is 0 Å². The Morgan fingerprint density at radius 1 is 1.57 bits per heavy atom. The summed E-state index contributed by atoms with van der Waals surface area (Å²) in [5.41, 5.74) is -0.836. The van der Waals surface area contributed by atoms with E-state index in [1.54, 1.807) is 6.07 Å². The number of hydrogen-bond donors (Lipinski definition) is 0. The predicted molar refractivity (Wildman–Crippen MR) is 46.2 cm³/mol. The van der Waals surface area contributed by atoms with E-state index in [1.165, 1.54) is 6.07 Å². The number of halogens is 4. The fourth-order valence-electron chi connectivity index (χ4n) is 1.00. The summed E-state index contributed by atoms with van der Waals surface area (Å²) < 4.78 is 37.7. The van der Waals surface area contributed by atoms with E-state index in [4.69, 9.17) is 5.26 Å². The van der Waals surface area contributed by atoms with Gasteiger partial charge in [0.2, 0.25) is 5.95 Å². The fourth-order valence-corrected chi connectivity index (χ4v) is 1.43. The van der Waals surface area contributed by atoms with E-state index in [1.807, 2.05) is 0 Å². The van der Waals surface area contributed by atoms with Crippen molar-refractivity contribution in [2.24, 2.45) is 0 Å². The average molecular weight is 265 g/mol. The molecule has 0 aromatic carbocycles. The number of aromatic nitrogens is 1. The molecule has 0 amide bonds. The van der Waals surface area contributed by atoms with Crippen LogP contribution >= 0.6 is 15.9 Å². The standard InChI is InChI=1S/C8H4BrF3N2/c9-5-3-4(1-2-13)6(7(10)11)8(12)14-5/h3,7H,1H2. The van der Waals surface area contributed by atoms with Crippen molar-refractivity contribution < 1.29 is 13.2 Å². The highest BCUT2D eigenvalue weighted by atomic mass is 79.9. The van der Waals surface area contributed by atoms with Gasteiger partial charge in [0.15, 0.2) is 0 Å². The van der Waals surface area contributed by atoms with Gasteiger partial charge >= 0.3 is 0 Å². The monoisotopic (exact) mass is 264 g/mol. The quantitative estimate of drug-likeness (QED) is 0.771. The molecular weight excluding hydrogens is 261 g/mol. The molecule has 2 nitrogen and oxygen atoms in total. The lowest BCUT2D eigenvalue weighted by Gasteiger charge is -2.06. The SMILES string of the molecule is N#CCc1cc(Br)nc(F)c1C(F)F. The molecule has 1 heterocycles. The zero-order valence-corrected chi connectivity index (χ0v) is 8.35. The molecule has 0 aliphatic heterocycles. The molecule has 0 N–H and O–H groups in total. The minimum Gasteiger partial charge on any atom is -0.212 e. The fraction of sp³-hybridized carbons (Fsp3) is 0.250. The zero-order chi connectivity index (χ0) is 10.7. The Balaban J connectivity index is 3.30. The van der Waals surface area contributed by atoms with Gasteiger partial charge in [0.1, 0.15) is 4.60 Å². The predicted octanol–water partition coefficient (Wildman–Crippen LogP) is 2.99. The Hall–Kier alpha value is -1.09. The molecule has 0 saturated heterocycles. The summed E-state index contributed by atoms with van der Waals surface area (Å²) in [5.74, 6) is -1.24. The first-order chi connectivity index (χ1) is 6.56. The molecule has 1 aromatic rings. The molecule has 0 aliphatic rings. The molecule has 74 valence electrons. The molecule has 1 aromatic heterocycles. The third kappa shape index (κ3) is 2.23. The van der Waals surface area contributed by atoms with Crippen molar-refractivity contribution in [1.82, 2.24) is 4.98 Å². The van der Waals surface area contributed by atoms with Crippen LogP contribution in [0.4, 0.5) is 13.2 Å². The highest BCUT2D eigenvalue weighted by Crippen LogP contribution is 2.27. The van der Waals surface area contributed by atoms with E-state index in [-0.39, 0.29) is 16.6 Å². The summed E-state index contributed by atoms with van der Waals surface area (Å²) in [6.07, 6.45) is -3.23. The second-order valence-electron chi connectivity index (χ2n) is 2.44. The molecule has 0 aliphatic carbocycles. The number of nitrogens with zero attached hydrogens (tertiary/aromatic N) is 2. The Bertz CT molecular complexity index is 387. The Kier molecular flexibility index (Phi) is 3.47. The molecule has 1 rings (SSSR count). The highest BCUT2D eigenvalue weighted by molar-refractivity contribution is 9.10. The van der Waals surface area contributed by atoms with Crippen LogP contribution in [0.2, 0.25) is 0 Å². The van der Waals surface area contributed by atoms with Crippen molar-refractivity contribution in [2.75, 3.05) is 0 Å². The van der Waals surface area contributed by atoms with Gasteiger partial charge in [-0.3, -0.25) is 0 Å². The van der Waals surface area contributed by atoms with Gasteiger partial charge in [-0.2, -0.15) is 9.65 Å². The summed E-state index contributed by atoms with van der Waals surface area (Å²) >= 11 is 2.86. The summed E-state index contributed by atoms with van der Waals surface area (Å²) in [5, 5.41) is 8.35. The topological polar surface area (TPSA) is 36.7 Å². The largest absolute Gasteiger partial charge is 0.268 e. The van der Waals surface area contributed by atoms with E-state index >= 15 is 0 Å². The molecule has 0 radical (unpaired) electrons. The summed E-state index contributed by atoms with van der Waals surface area (Å²) in [4.78, 5) is 3.20. The van der Waals surface area contributed by atoms with Crippen LogP contribution in [0.1, 0.15) is 17.6 Å². The normalized spacial score (nSPS) is 10.3. The van der Waals surface area contributed by atoms with E-state index in [0.717, 1.165) is 0 Å². The maximum Gasteiger partial charge on any atom is 0.268 e. The maximum atomic E-state index is 13.0. The van der Waals surface area contributed by atoms with E-state index in [2.05, 4.69) is 20.9 Å². The molecule has 0 fully saturated rings. The van der Waals surface area contributed by atoms with Crippen molar-refractivity contribution in [3.8, 4) is 6.07 Å². The lowest BCUT2D eigenvalue weighted by molar-refractivity contribution is 0.144. The minimum absolute atomic E-state index is 0.0399. The van der Waals surface area contributed by atoms with Crippen molar-refractivity contribution in [3.63, 3.8) is 0 Å². The lowest BCUT2D eigenvalue weighted by atomic mass is 10.1. The molecule has 0 spiro atoms. The zero-order valence-electron chi connectivity index (χ0n) is 6.77. The van der Waals surface area contributed by atoms with Crippen LogP contribution in [-0.2, 0) is 6.42 Å². The van der Waals surface area contributed by atoms with Crippen LogP contribution in [0.15, 0.2) is 10.7 Å². The third-order valence-electron chi connectivity index (χ3n) is 1.55.